The van der Waals surface area contributed by atoms with Crippen LogP contribution in [0.5, 0.6) is 0 Å². The first-order valence-electron chi connectivity index (χ1n) is 10.2. The second kappa shape index (κ2) is 6.83. The van der Waals surface area contributed by atoms with Gasteiger partial charge in [-0.2, -0.15) is 0 Å². The molecule has 0 bridgehead atoms. The van der Waals surface area contributed by atoms with E-state index in [0.717, 1.165) is 58.3 Å². The second-order valence-electron chi connectivity index (χ2n) is 8.38. The quantitative estimate of drug-likeness (QED) is 0.763. The van der Waals surface area contributed by atoms with Crippen LogP contribution < -0.4 is 5.32 Å². The lowest BCUT2D eigenvalue weighted by Crippen LogP contribution is -2.56. The molecule has 7 heteroatoms. The fraction of sp³-hybridized carbons (Fsp3) is 0.842. The standard InChI is InChI=1S/C19H30N4O3/c1-2-9-21-11-7-19(8-12-21)17(25)23(18(26)20-19)15-4-3-10-22(13-15)16(24)14-5-6-14/h14-15H,2-13H2,1H3,(H,20,26)/t15-/m1/s1. The van der Waals surface area contributed by atoms with Crippen molar-refractivity contribution in [1.82, 2.24) is 20.0 Å². The van der Waals surface area contributed by atoms with Crippen LogP contribution >= 0.6 is 0 Å². The lowest BCUT2D eigenvalue weighted by molar-refractivity contribution is -0.139. The number of hydrogen-bond acceptors (Lipinski definition) is 4. The summed E-state index contributed by atoms with van der Waals surface area (Å²) in [5.74, 6) is 0.333. The molecular formula is C19H30N4O3. The van der Waals surface area contributed by atoms with Gasteiger partial charge in [0.2, 0.25) is 5.91 Å². The van der Waals surface area contributed by atoms with Crippen LogP contribution in [-0.4, -0.2) is 76.8 Å². The largest absolute Gasteiger partial charge is 0.340 e. The number of carbonyl (C=O) groups is 3. The molecule has 0 aromatic carbocycles. The summed E-state index contributed by atoms with van der Waals surface area (Å²) < 4.78 is 0. The van der Waals surface area contributed by atoms with Crippen LogP contribution in [0, 0.1) is 5.92 Å². The minimum Gasteiger partial charge on any atom is -0.340 e. The molecule has 1 saturated carbocycles. The summed E-state index contributed by atoms with van der Waals surface area (Å²) in [7, 11) is 0. The highest BCUT2D eigenvalue weighted by atomic mass is 16.2. The number of piperidine rings is 2. The van der Waals surface area contributed by atoms with E-state index >= 15 is 0 Å². The fourth-order valence-electron chi connectivity index (χ4n) is 4.74. The van der Waals surface area contributed by atoms with Crippen LogP contribution in [0.3, 0.4) is 0 Å². The molecule has 1 aliphatic carbocycles. The van der Waals surface area contributed by atoms with Crippen LogP contribution in [-0.2, 0) is 9.59 Å². The van der Waals surface area contributed by atoms with Gasteiger partial charge in [-0.25, -0.2) is 4.79 Å². The van der Waals surface area contributed by atoms with Gasteiger partial charge in [0.05, 0.1) is 6.04 Å². The predicted octanol–water partition coefficient (Wildman–Crippen LogP) is 1.18. The van der Waals surface area contributed by atoms with Gasteiger partial charge in [0, 0.05) is 32.1 Å². The van der Waals surface area contributed by atoms with E-state index in [-0.39, 0.29) is 29.8 Å². The Balaban J connectivity index is 1.43. The highest BCUT2D eigenvalue weighted by Crippen LogP contribution is 2.35. The van der Waals surface area contributed by atoms with Crippen molar-refractivity contribution in [2.45, 2.75) is 63.5 Å². The minimum absolute atomic E-state index is 0.0654. The molecule has 3 saturated heterocycles. The topological polar surface area (TPSA) is 73.0 Å². The first kappa shape index (κ1) is 17.8. The van der Waals surface area contributed by atoms with Gasteiger partial charge in [0.1, 0.15) is 5.54 Å². The Morgan fingerprint density at radius 1 is 1.15 bits per heavy atom. The van der Waals surface area contributed by atoms with Gasteiger partial charge in [-0.1, -0.05) is 6.92 Å². The Kier molecular flexibility index (Phi) is 4.67. The molecule has 7 nitrogen and oxygen atoms in total. The maximum Gasteiger partial charge on any atom is 0.325 e. The summed E-state index contributed by atoms with van der Waals surface area (Å²) in [6.45, 7) is 6.17. The van der Waals surface area contributed by atoms with Crippen molar-refractivity contribution in [3.05, 3.63) is 0 Å². The third-order valence-electron chi connectivity index (χ3n) is 6.44. The van der Waals surface area contributed by atoms with Crippen LogP contribution in [0.15, 0.2) is 0 Å². The van der Waals surface area contributed by atoms with Crippen LogP contribution in [0.1, 0.15) is 51.9 Å². The first-order chi connectivity index (χ1) is 12.5. The molecule has 0 aromatic rings. The molecule has 26 heavy (non-hydrogen) atoms. The number of nitrogens with one attached hydrogen (secondary N) is 1. The summed E-state index contributed by atoms with van der Waals surface area (Å²) in [4.78, 5) is 43.9. The highest BCUT2D eigenvalue weighted by Gasteiger charge is 2.54. The molecule has 1 N–H and O–H groups in total. The molecular weight excluding hydrogens is 332 g/mol. The third-order valence-corrected chi connectivity index (χ3v) is 6.44. The normalized spacial score (nSPS) is 29.3. The molecule has 3 aliphatic heterocycles. The molecule has 1 atom stereocenters. The van der Waals surface area contributed by atoms with Crippen LogP contribution in [0.25, 0.3) is 0 Å². The van der Waals surface area contributed by atoms with E-state index in [1.54, 1.807) is 0 Å². The Labute approximate surface area is 155 Å². The van der Waals surface area contributed by atoms with Crippen molar-refractivity contribution in [3.63, 3.8) is 0 Å². The van der Waals surface area contributed by atoms with E-state index in [2.05, 4.69) is 17.1 Å². The van der Waals surface area contributed by atoms with Gasteiger partial charge in [0.25, 0.3) is 5.91 Å². The van der Waals surface area contributed by atoms with Crippen molar-refractivity contribution in [2.75, 3.05) is 32.7 Å². The SMILES string of the molecule is CCCN1CCC2(CC1)NC(=O)N([C@@H]1CCCN(C(=O)C3CC3)C1)C2=O. The highest BCUT2D eigenvalue weighted by molar-refractivity contribution is 6.07. The molecule has 0 unspecified atom stereocenters. The third kappa shape index (κ3) is 3.10. The Morgan fingerprint density at radius 2 is 1.88 bits per heavy atom. The molecule has 3 heterocycles. The molecule has 1 spiro atoms. The first-order valence-corrected chi connectivity index (χ1v) is 10.2. The summed E-state index contributed by atoms with van der Waals surface area (Å²) in [6.07, 6.45) is 6.10. The van der Waals surface area contributed by atoms with Gasteiger partial charge in [-0.05, 0) is 51.5 Å². The predicted molar refractivity (Wildman–Crippen MR) is 96.4 cm³/mol. The summed E-state index contributed by atoms with van der Waals surface area (Å²) in [5.41, 5.74) is -0.718. The van der Waals surface area contributed by atoms with Crippen molar-refractivity contribution < 1.29 is 14.4 Å². The Bertz CT molecular complexity index is 596. The molecule has 0 aromatic heterocycles. The van der Waals surface area contributed by atoms with Gasteiger partial charge < -0.3 is 15.1 Å². The Hall–Kier alpha value is -1.63. The number of hydrogen-bond donors (Lipinski definition) is 1. The fourth-order valence-corrected chi connectivity index (χ4v) is 4.74. The van der Waals surface area contributed by atoms with Gasteiger partial charge in [-0.15, -0.1) is 0 Å². The lowest BCUT2D eigenvalue weighted by Gasteiger charge is -2.39. The molecule has 0 radical (unpaired) electrons. The van der Waals surface area contributed by atoms with E-state index in [0.29, 0.717) is 19.4 Å². The minimum atomic E-state index is -0.718. The monoisotopic (exact) mass is 362 g/mol. The van der Waals surface area contributed by atoms with Crippen LogP contribution in [0.4, 0.5) is 4.79 Å². The maximum absolute atomic E-state index is 13.2. The number of carbonyl (C=O) groups excluding carboxylic acids is 3. The molecule has 144 valence electrons. The zero-order valence-corrected chi connectivity index (χ0v) is 15.7. The summed E-state index contributed by atoms with van der Waals surface area (Å²) in [5, 5.41) is 3.02. The van der Waals surface area contributed by atoms with E-state index in [1.165, 1.54) is 4.90 Å². The van der Waals surface area contributed by atoms with E-state index in [4.69, 9.17) is 0 Å². The van der Waals surface area contributed by atoms with Gasteiger partial charge >= 0.3 is 6.03 Å². The molecule has 4 aliphatic rings. The van der Waals surface area contributed by atoms with E-state index in [1.807, 2.05) is 4.90 Å². The van der Waals surface area contributed by atoms with Crippen LogP contribution in [0.2, 0.25) is 0 Å². The maximum atomic E-state index is 13.2. The zero-order chi connectivity index (χ0) is 18.3. The second-order valence-corrected chi connectivity index (χ2v) is 8.38. The zero-order valence-electron chi connectivity index (χ0n) is 15.7. The van der Waals surface area contributed by atoms with Crippen molar-refractivity contribution in [3.8, 4) is 0 Å². The van der Waals surface area contributed by atoms with Gasteiger partial charge in [0.15, 0.2) is 0 Å². The number of amides is 4. The number of imide groups is 1. The van der Waals surface area contributed by atoms with E-state index < -0.39 is 5.54 Å². The lowest BCUT2D eigenvalue weighted by atomic mass is 9.87. The summed E-state index contributed by atoms with van der Waals surface area (Å²) in [6, 6.07) is -0.434. The smallest absolute Gasteiger partial charge is 0.325 e. The number of urea groups is 1. The average Bonchev–Trinajstić information content (AvgIpc) is 3.45. The number of rotatable bonds is 4. The summed E-state index contributed by atoms with van der Waals surface area (Å²) >= 11 is 0. The Morgan fingerprint density at radius 3 is 2.54 bits per heavy atom. The van der Waals surface area contributed by atoms with E-state index in [9.17, 15) is 14.4 Å². The number of nitrogens with zero attached hydrogens (tertiary/aromatic N) is 3. The molecule has 4 fully saturated rings. The number of likely N-dealkylation sites (tertiary alicyclic amines) is 2. The van der Waals surface area contributed by atoms with Gasteiger partial charge in [-0.3, -0.25) is 14.5 Å². The molecule has 4 amide bonds. The van der Waals surface area contributed by atoms with Crippen molar-refractivity contribution in [2.24, 2.45) is 5.92 Å². The molecule has 4 rings (SSSR count). The van der Waals surface area contributed by atoms with Crippen molar-refractivity contribution >= 4 is 17.8 Å². The average molecular weight is 362 g/mol. The van der Waals surface area contributed by atoms with Crippen molar-refractivity contribution in [1.29, 1.82) is 0 Å².